The van der Waals surface area contributed by atoms with Crippen molar-refractivity contribution in [3.8, 4) is 0 Å². The van der Waals surface area contributed by atoms with Crippen LogP contribution in [0.5, 0.6) is 0 Å². The molecule has 0 saturated carbocycles. The SMILES string of the molecule is C=CC(=O)N1C[C@H](Nc2ccnc3[nH]cc(C4CCOCC4)c23)C(C)(C)C1. The van der Waals surface area contributed by atoms with Crippen LogP contribution >= 0.6 is 0 Å². The normalized spacial score (nSPS) is 22.9. The third-order valence-corrected chi connectivity index (χ3v) is 6.03. The number of ether oxygens (including phenoxy) is 1. The molecular weight excluding hydrogens is 340 g/mol. The summed E-state index contributed by atoms with van der Waals surface area (Å²) in [5.74, 6) is 0.490. The second-order valence-corrected chi connectivity index (χ2v) is 8.32. The van der Waals surface area contributed by atoms with Gasteiger partial charge in [0.05, 0.1) is 6.04 Å². The van der Waals surface area contributed by atoms with E-state index in [1.54, 1.807) is 0 Å². The Balaban J connectivity index is 1.65. The van der Waals surface area contributed by atoms with Crippen molar-refractivity contribution >= 4 is 22.6 Å². The first kappa shape index (κ1) is 18.0. The number of likely N-dealkylation sites (tertiary alicyclic amines) is 1. The maximum atomic E-state index is 12.1. The zero-order valence-electron chi connectivity index (χ0n) is 16.1. The lowest BCUT2D eigenvalue weighted by Crippen LogP contribution is -2.34. The molecule has 0 aliphatic carbocycles. The molecule has 2 aliphatic heterocycles. The number of carbonyl (C=O) groups excluding carboxylic acids is 1. The third-order valence-electron chi connectivity index (χ3n) is 6.03. The molecule has 2 fully saturated rings. The Morgan fingerprint density at radius 1 is 1.44 bits per heavy atom. The molecule has 0 aromatic carbocycles. The molecular formula is C21H28N4O2. The largest absolute Gasteiger partial charge is 0.381 e. The summed E-state index contributed by atoms with van der Waals surface area (Å²) < 4.78 is 5.53. The molecule has 1 amide bonds. The molecule has 2 N–H and O–H groups in total. The van der Waals surface area contributed by atoms with Crippen LogP contribution < -0.4 is 5.32 Å². The summed E-state index contributed by atoms with van der Waals surface area (Å²) in [6.07, 6.45) is 7.42. The van der Waals surface area contributed by atoms with E-state index in [0.717, 1.165) is 43.9 Å². The molecule has 0 unspecified atom stereocenters. The number of carbonyl (C=O) groups is 1. The van der Waals surface area contributed by atoms with Crippen LogP contribution in [0, 0.1) is 5.41 Å². The monoisotopic (exact) mass is 368 g/mol. The van der Waals surface area contributed by atoms with Crippen LogP contribution in [-0.4, -0.2) is 53.1 Å². The van der Waals surface area contributed by atoms with Crippen molar-refractivity contribution in [2.24, 2.45) is 5.41 Å². The van der Waals surface area contributed by atoms with Crippen LogP contribution in [-0.2, 0) is 9.53 Å². The number of pyridine rings is 1. The number of fused-ring (bicyclic) bond motifs is 1. The Morgan fingerprint density at radius 3 is 2.96 bits per heavy atom. The fourth-order valence-electron chi connectivity index (χ4n) is 4.39. The van der Waals surface area contributed by atoms with Crippen molar-refractivity contribution in [3.05, 3.63) is 36.7 Å². The average molecular weight is 368 g/mol. The standard InChI is InChI=1S/C21H28N4O2/c1-4-18(26)25-12-17(21(2,3)13-25)24-16-5-8-22-20-19(16)15(11-23-20)14-6-9-27-10-7-14/h4-5,8,11,14,17H,1,6-7,9-10,12-13H2,2-3H3,(H2,22,23,24)/t17-/m0/s1. The Morgan fingerprint density at radius 2 is 2.22 bits per heavy atom. The predicted octanol–water partition coefficient (Wildman–Crippen LogP) is 3.29. The molecule has 144 valence electrons. The van der Waals surface area contributed by atoms with Crippen molar-refractivity contribution < 1.29 is 9.53 Å². The third kappa shape index (κ3) is 3.34. The van der Waals surface area contributed by atoms with Gasteiger partial charge in [0.15, 0.2) is 0 Å². The van der Waals surface area contributed by atoms with Crippen LogP contribution in [0.2, 0.25) is 0 Å². The second-order valence-electron chi connectivity index (χ2n) is 8.32. The van der Waals surface area contributed by atoms with E-state index < -0.39 is 0 Å². The van der Waals surface area contributed by atoms with Gasteiger partial charge in [0, 0.05) is 55.2 Å². The van der Waals surface area contributed by atoms with E-state index in [-0.39, 0.29) is 17.4 Å². The molecule has 6 nitrogen and oxygen atoms in total. The van der Waals surface area contributed by atoms with Gasteiger partial charge in [-0.1, -0.05) is 20.4 Å². The lowest BCUT2D eigenvalue weighted by Gasteiger charge is -2.28. The molecule has 0 spiro atoms. The van der Waals surface area contributed by atoms with Crippen LogP contribution in [0.25, 0.3) is 11.0 Å². The van der Waals surface area contributed by atoms with E-state index in [1.165, 1.54) is 17.0 Å². The number of anilines is 1. The van der Waals surface area contributed by atoms with Gasteiger partial charge in [0.1, 0.15) is 5.65 Å². The summed E-state index contributed by atoms with van der Waals surface area (Å²) in [7, 11) is 0. The number of aromatic amines is 1. The van der Waals surface area contributed by atoms with Crippen molar-refractivity contribution in [3.63, 3.8) is 0 Å². The number of hydrogen-bond acceptors (Lipinski definition) is 4. The molecule has 4 heterocycles. The van der Waals surface area contributed by atoms with Crippen molar-refractivity contribution in [2.75, 3.05) is 31.6 Å². The van der Waals surface area contributed by atoms with Gasteiger partial charge in [0.25, 0.3) is 0 Å². The van der Waals surface area contributed by atoms with E-state index in [0.29, 0.717) is 12.5 Å². The van der Waals surface area contributed by atoms with Crippen LogP contribution in [0.4, 0.5) is 5.69 Å². The van der Waals surface area contributed by atoms with Crippen LogP contribution in [0.3, 0.4) is 0 Å². The lowest BCUT2D eigenvalue weighted by atomic mass is 9.87. The minimum Gasteiger partial charge on any atom is -0.381 e. The highest BCUT2D eigenvalue weighted by atomic mass is 16.5. The van der Waals surface area contributed by atoms with Gasteiger partial charge in [-0.25, -0.2) is 4.98 Å². The Hall–Kier alpha value is -2.34. The molecule has 2 aromatic heterocycles. The number of nitrogens with one attached hydrogen (secondary N) is 2. The molecule has 2 aromatic rings. The molecule has 27 heavy (non-hydrogen) atoms. The maximum absolute atomic E-state index is 12.1. The van der Waals surface area contributed by atoms with E-state index in [2.05, 4.69) is 41.9 Å². The Kier molecular flexibility index (Phi) is 4.68. The lowest BCUT2D eigenvalue weighted by molar-refractivity contribution is -0.125. The van der Waals surface area contributed by atoms with Crippen LogP contribution in [0.1, 0.15) is 38.2 Å². The molecule has 1 atom stereocenters. The van der Waals surface area contributed by atoms with E-state index >= 15 is 0 Å². The first-order valence-corrected chi connectivity index (χ1v) is 9.71. The highest BCUT2D eigenvalue weighted by Gasteiger charge is 2.41. The number of rotatable bonds is 4. The van der Waals surface area contributed by atoms with Crippen molar-refractivity contribution in [1.82, 2.24) is 14.9 Å². The summed E-state index contributed by atoms with van der Waals surface area (Å²) in [6.45, 7) is 11.1. The minimum atomic E-state index is -0.0244. The van der Waals surface area contributed by atoms with Gasteiger partial charge in [-0.15, -0.1) is 0 Å². The fourth-order valence-corrected chi connectivity index (χ4v) is 4.39. The number of hydrogen-bond donors (Lipinski definition) is 2. The number of aromatic nitrogens is 2. The minimum absolute atomic E-state index is 0.00297. The summed E-state index contributed by atoms with van der Waals surface area (Å²) >= 11 is 0. The predicted molar refractivity (Wildman–Crippen MR) is 107 cm³/mol. The second kappa shape index (κ2) is 7.00. The molecule has 6 heteroatoms. The summed E-state index contributed by atoms with van der Waals surface area (Å²) in [5, 5.41) is 4.90. The smallest absolute Gasteiger partial charge is 0.246 e. The zero-order valence-corrected chi connectivity index (χ0v) is 16.1. The molecule has 0 bridgehead atoms. The van der Waals surface area contributed by atoms with Gasteiger partial charge in [0.2, 0.25) is 5.91 Å². The fraction of sp³-hybridized carbons (Fsp3) is 0.524. The molecule has 2 saturated heterocycles. The van der Waals surface area contributed by atoms with E-state index in [4.69, 9.17) is 4.74 Å². The van der Waals surface area contributed by atoms with E-state index in [9.17, 15) is 4.79 Å². The summed E-state index contributed by atoms with van der Waals surface area (Å²) in [5.41, 5.74) is 3.30. The van der Waals surface area contributed by atoms with Gasteiger partial charge in [-0.2, -0.15) is 0 Å². The maximum Gasteiger partial charge on any atom is 0.246 e. The van der Waals surface area contributed by atoms with Crippen LogP contribution in [0.15, 0.2) is 31.1 Å². The zero-order chi connectivity index (χ0) is 19.0. The summed E-state index contributed by atoms with van der Waals surface area (Å²) in [6, 6.07) is 2.22. The van der Waals surface area contributed by atoms with Gasteiger partial charge in [-0.3, -0.25) is 4.79 Å². The van der Waals surface area contributed by atoms with Gasteiger partial charge in [-0.05, 0) is 36.5 Å². The molecule has 0 radical (unpaired) electrons. The number of amides is 1. The first-order valence-electron chi connectivity index (χ1n) is 9.71. The molecule has 4 rings (SSSR count). The number of H-pyrrole nitrogens is 1. The number of nitrogens with zero attached hydrogens (tertiary/aromatic N) is 2. The van der Waals surface area contributed by atoms with Crippen molar-refractivity contribution in [1.29, 1.82) is 0 Å². The quantitative estimate of drug-likeness (QED) is 0.813. The first-order chi connectivity index (χ1) is 13.0. The Bertz CT molecular complexity index is 851. The van der Waals surface area contributed by atoms with Gasteiger partial charge < -0.3 is 19.9 Å². The van der Waals surface area contributed by atoms with Gasteiger partial charge >= 0.3 is 0 Å². The summed E-state index contributed by atoms with van der Waals surface area (Å²) in [4.78, 5) is 21.8. The Labute approximate surface area is 160 Å². The average Bonchev–Trinajstić information content (AvgIpc) is 3.23. The highest BCUT2D eigenvalue weighted by Crippen LogP contribution is 2.38. The topological polar surface area (TPSA) is 70.2 Å². The van der Waals surface area contributed by atoms with E-state index in [1.807, 2.05) is 17.2 Å². The highest BCUT2D eigenvalue weighted by molar-refractivity contribution is 5.93. The van der Waals surface area contributed by atoms with Crippen molar-refractivity contribution in [2.45, 2.75) is 38.6 Å². The molecule has 2 aliphatic rings.